The molecule has 2 heteroatoms. The van der Waals surface area contributed by atoms with Crippen molar-refractivity contribution in [1.82, 2.24) is 5.43 Å². The molecule has 3 N–H and O–H groups in total. The Hall–Kier alpha value is -0.860. The van der Waals surface area contributed by atoms with Crippen LogP contribution in [-0.2, 0) is 0 Å². The van der Waals surface area contributed by atoms with E-state index in [4.69, 9.17) is 5.84 Å². The molecule has 0 amide bonds. The molecule has 0 spiro atoms. The molecule has 0 bridgehead atoms. The maximum absolute atomic E-state index is 5.81. The normalized spacial score (nSPS) is 19.9. The standard InChI is InChI=1S/C15H24N2/c1-12-8-6-7-11-14(12)15(17-16)13-9-4-2-3-5-10-13/h6-8,11,13,15,17H,2-5,9-10,16H2,1H3. The summed E-state index contributed by atoms with van der Waals surface area (Å²) >= 11 is 0. The zero-order valence-corrected chi connectivity index (χ0v) is 10.8. The molecule has 0 heterocycles. The maximum atomic E-state index is 5.81. The van der Waals surface area contributed by atoms with Gasteiger partial charge in [-0.05, 0) is 36.8 Å². The molecule has 1 aliphatic carbocycles. The highest BCUT2D eigenvalue weighted by molar-refractivity contribution is 5.29. The molecule has 1 aromatic rings. The molecule has 0 radical (unpaired) electrons. The molecule has 0 saturated heterocycles. The highest BCUT2D eigenvalue weighted by Gasteiger charge is 2.23. The van der Waals surface area contributed by atoms with Crippen molar-refractivity contribution >= 4 is 0 Å². The predicted molar refractivity (Wildman–Crippen MR) is 72.4 cm³/mol. The van der Waals surface area contributed by atoms with Gasteiger partial charge in [0.25, 0.3) is 0 Å². The number of hydrogen-bond donors (Lipinski definition) is 2. The van der Waals surface area contributed by atoms with E-state index in [0.29, 0.717) is 12.0 Å². The van der Waals surface area contributed by atoms with Crippen LogP contribution < -0.4 is 11.3 Å². The van der Waals surface area contributed by atoms with Crippen molar-refractivity contribution in [2.75, 3.05) is 0 Å². The lowest BCUT2D eigenvalue weighted by molar-refractivity contribution is 0.328. The Balaban J connectivity index is 2.17. The van der Waals surface area contributed by atoms with Crippen LogP contribution >= 0.6 is 0 Å². The van der Waals surface area contributed by atoms with Crippen molar-refractivity contribution in [2.24, 2.45) is 11.8 Å². The SMILES string of the molecule is Cc1ccccc1C(NN)C1CCCCCC1. The summed E-state index contributed by atoms with van der Waals surface area (Å²) in [6, 6.07) is 8.93. The molecule has 1 aliphatic rings. The minimum atomic E-state index is 0.328. The van der Waals surface area contributed by atoms with Crippen LogP contribution in [0.4, 0.5) is 0 Å². The van der Waals surface area contributed by atoms with Crippen LogP contribution in [0.15, 0.2) is 24.3 Å². The van der Waals surface area contributed by atoms with E-state index in [0.717, 1.165) is 0 Å². The second kappa shape index (κ2) is 6.18. The molecule has 0 aliphatic heterocycles. The van der Waals surface area contributed by atoms with E-state index in [2.05, 4.69) is 36.6 Å². The molecule has 1 aromatic carbocycles. The van der Waals surface area contributed by atoms with Gasteiger partial charge in [-0.15, -0.1) is 0 Å². The third-order valence-electron chi connectivity index (χ3n) is 4.07. The lowest BCUT2D eigenvalue weighted by Crippen LogP contribution is -2.34. The van der Waals surface area contributed by atoms with Crippen molar-refractivity contribution in [2.45, 2.75) is 51.5 Å². The first-order valence-corrected chi connectivity index (χ1v) is 6.84. The van der Waals surface area contributed by atoms with Crippen molar-refractivity contribution in [3.05, 3.63) is 35.4 Å². The van der Waals surface area contributed by atoms with Gasteiger partial charge in [-0.2, -0.15) is 0 Å². The predicted octanol–water partition coefficient (Wildman–Crippen LogP) is 3.47. The van der Waals surface area contributed by atoms with Crippen molar-refractivity contribution in [3.8, 4) is 0 Å². The highest BCUT2D eigenvalue weighted by atomic mass is 15.2. The van der Waals surface area contributed by atoms with Crippen molar-refractivity contribution in [3.63, 3.8) is 0 Å². The van der Waals surface area contributed by atoms with Gasteiger partial charge < -0.3 is 0 Å². The third-order valence-corrected chi connectivity index (χ3v) is 4.07. The third kappa shape index (κ3) is 3.08. The summed E-state index contributed by atoms with van der Waals surface area (Å²) in [6.07, 6.45) is 8.11. The summed E-state index contributed by atoms with van der Waals surface area (Å²) in [7, 11) is 0. The second-order valence-corrected chi connectivity index (χ2v) is 5.25. The quantitative estimate of drug-likeness (QED) is 0.476. The Morgan fingerprint density at radius 1 is 1.12 bits per heavy atom. The van der Waals surface area contributed by atoms with Crippen LogP contribution in [0.1, 0.15) is 55.7 Å². The largest absolute Gasteiger partial charge is 0.271 e. The lowest BCUT2D eigenvalue weighted by atomic mass is 9.86. The minimum absolute atomic E-state index is 0.328. The Bertz CT molecular complexity index is 341. The monoisotopic (exact) mass is 232 g/mol. The number of nitrogens with two attached hydrogens (primary N) is 1. The van der Waals surface area contributed by atoms with Crippen molar-refractivity contribution < 1.29 is 0 Å². The highest BCUT2D eigenvalue weighted by Crippen LogP contribution is 2.34. The average Bonchev–Trinajstić information content (AvgIpc) is 2.62. The topological polar surface area (TPSA) is 38.0 Å². The lowest BCUT2D eigenvalue weighted by Gasteiger charge is -2.27. The van der Waals surface area contributed by atoms with E-state index in [9.17, 15) is 0 Å². The Morgan fingerprint density at radius 2 is 1.76 bits per heavy atom. The first-order valence-electron chi connectivity index (χ1n) is 6.84. The maximum Gasteiger partial charge on any atom is 0.0490 e. The fraction of sp³-hybridized carbons (Fsp3) is 0.600. The van der Waals surface area contributed by atoms with Crippen LogP contribution in [0.5, 0.6) is 0 Å². The van der Waals surface area contributed by atoms with Crippen LogP contribution in [-0.4, -0.2) is 0 Å². The second-order valence-electron chi connectivity index (χ2n) is 5.25. The summed E-state index contributed by atoms with van der Waals surface area (Å²) in [5, 5.41) is 0. The number of hydrazine groups is 1. The number of nitrogens with one attached hydrogen (secondary N) is 1. The van der Waals surface area contributed by atoms with Crippen molar-refractivity contribution in [1.29, 1.82) is 0 Å². The van der Waals surface area contributed by atoms with Crippen LogP contribution in [0.2, 0.25) is 0 Å². The Kier molecular flexibility index (Phi) is 4.57. The Morgan fingerprint density at radius 3 is 2.35 bits per heavy atom. The van der Waals surface area contributed by atoms with Gasteiger partial charge in [0.15, 0.2) is 0 Å². The number of aryl methyl sites for hydroxylation is 1. The molecule has 2 nitrogen and oxygen atoms in total. The molecular formula is C15H24N2. The summed E-state index contributed by atoms with van der Waals surface area (Å²) < 4.78 is 0. The Labute approximate surface area is 105 Å². The van der Waals surface area contributed by atoms with Gasteiger partial charge in [0.05, 0.1) is 0 Å². The number of hydrogen-bond acceptors (Lipinski definition) is 2. The number of rotatable bonds is 3. The van der Waals surface area contributed by atoms with E-state index >= 15 is 0 Å². The molecule has 17 heavy (non-hydrogen) atoms. The first-order chi connectivity index (χ1) is 8.33. The molecule has 0 aromatic heterocycles. The van der Waals surface area contributed by atoms with Crippen LogP contribution in [0.25, 0.3) is 0 Å². The van der Waals surface area contributed by atoms with Gasteiger partial charge >= 0.3 is 0 Å². The average molecular weight is 232 g/mol. The van der Waals surface area contributed by atoms with E-state index in [1.54, 1.807) is 0 Å². The molecule has 1 unspecified atom stereocenters. The van der Waals surface area contributed by atoms with Crippen LogP contribution in [0, 0.1) is 12.8 Å². The molecular weight excluding hydrogens is 208 g/mol. The van der Waals surface area contributed by atoms with Gasteiger partial charge in [-0.25, -0.2) is 0 Å². The first kappa shape index (κ1) is 12.6. The molecule has 1 atom stereocenters. The van der Waals surface area contributed by atoms with Gasteiger partial charge in [-0.3, -0.25) is 11.3 Å². The van der Waals surface area contributed by atoms with Gasteiger partial charge in [0, 0.05) is 6.04 Å². The van der Waals surface area contributed by atoms with E-state index in [1.165, 1.54) is 49.7 Å². The summed E-state index contributed by atoms with van der Waals surface area (Å²) in [5.41, 5.74) is 5.78. The zero-order valence-electron chi connectivity index (χ0n) is 10.8. The van der Waals surface area contributed by atoms with E-state index in [1.807, 2.05) is 0 Å². The molecule has 2 rings (SSSR count). The summed E-state index contributed by atoms with van der Waals surface area (Å²) in [6.45, 7) is 2.18. The molecule has 94 valence electrons. The van der Waals surface area contributed by atoms with Gasteiger partial charge in [-0.1, -0.05) is 49.9 Å². The fourth-order valence-electron chi connectivity index (χ4n) is 3.06. The molecule has 1 fully saturated rings. The summed E-state index contributed by atoms with van der Waals surface area (Å²) in [5.74, 6) is 6.50. The van der Waals surface area contributed by atoms with Crippen LogP contribution in [0.3, 0.4) is 0 Å². The van der Waals surface area contributed by atoms with Gasteiger partial charge in [0.1, 0.15) is 0 Å². The number of benzene rings is 1. The van der Waals surface area contributed by atoms with E-state index < -0.39 is 0 Å². The molecule has 1 saturated carbocycles. The van der Waals surface area contributed by atoms with E-state index in [-0.39, 0.29) is 0 Å². The smallest absolute Gasteiger partial charge is 0.0490 e. The van der Waals surface area contributed by atoms with Gasteiger partial charge in [0.2, 0.25) is 0 Å². The zero-order chi connectivity index (χ0) is 12.1. The fourth-order valence-corrected chi connectivity index (χ4v) is 3.06. The summed E-state index contributed by atoms with van der Waals surface area (Å²) in [4.78, 5) is 0. The minimum Gasteiger partial charge on any atom is -0.271 e.